The number of sulfonamides is 1. The van der Waals surface area contributed by atoms with Gasteiger partial charge >= 0.3 is 0 Å². The molecule has 0 unspecified atom stereocenters. The molecule has 43 heavy (non-hydrogen) atoms. The first-order valence-electron chi connectivity index (χ1n) is 14.2. The van der Waals surface area contributed by atoms with Crippen LogP contribution < -0.4 is 9.62 Å². The van der Waals surface area contributed by atoms with Gasteiger partial charge in [-0.2, -0.15) is 0 Å². The van der Waals surface area contributed by atoms with E-state index in [1.54, 1.807) is 36.4 Å². The quantitative estimate of drug-likeness (QED) is 0.197. The summed E-state index contributed by atoms with van der Waals surface area (Å²) in [6, 6.07) is 32.1. The second-order valence-corrected chi connectivity index (χ2v) is 12.6. The fourth-order valence-corrected chi connectivity index (χ4v) is 6.27. The van der Waals surface area contributed by atoms with E-state index in [1.165, 1.54) is 23.1 Å². The number of hydrogen-bond acceptors (Lipinski definition) is 4. The molecule has 0 aliphatic rings. The SMILES string of the molecule is CC[C@@H](C)NC(=O)[C@H](Cc1ccccc1)N(Cc1ccccc1)C(=O)CN(c1cccc(Cl)c1)S(=O)(=O)c1ccccc1. The van der Waals surface area contributed by atoms with Gasteiger partial charge in [0.05, 0.1) is 10.6 Å². The van der Waals surface area contributed by atoms with Gasteiger partial charge in [0.1, 0.15) is 12.6 Å². The average Bonchev–Trinajstić information content (AvgIpc) is 3.02. The topological polar surface area (TPSA) is 86.8 Å². The zero-order valence-electron chi connectivity index (χ0n) is 24.3. The van der Waals surface area contributed by atoms with Gasteiger partial charge in [-0.1, -0.05) is 103 Å². The Labute approximate surface area is 259 Å². The number of amides is 2. The summed E-state index contributed by atoms with van der Waals surface area (Å²) in [4.78, 5) is 29.7. The Balaban J connectivity index is 1.79. The Morgan fingerprint density at radius 3 is 1.98 bits per heavy atom. The van der Waals surface area contributed by atoms with Crippen LogP contribution in [0.3, 0.4) is 0 Å². The summed E-state index contributed by atoms with van der Waals surface area (Å²) in [5.74, 6) is -0.828. The lowest BCUT2D eigenvalue weighted by molar-refractivity contribution is -0.140. The van der Waals surface area contributed by atoms with E-state index in [9.17, 15) is 18.0 Å². The summed E-state index contributed by atoms with van der Waals surface area (Å²) < 4.78 is 29.0. The van der Waals surface area contributed by atoms with Crippen LogP contribution in [0.5, 0.6) is 0 Å². The van der Waals surface area contributed by atoms with Gasteiger partial charge in [0.15, 0.2) is 0 Å². The predicted octanol–water partition coefficient (Wildman–Crippen LogP) is 6.09. The fourth-order valence-electron chi connectivity index (χ4n) is 4.65. The number of nitrogens with one attached hydrogen (secondary N) is 1. The minimum absolute atomic E-state index is 0.0349. The number of halogens is 1. The fraction of sp³-hybridized carbons (Fsp3) is 0.235. The van der Waals surface area contributed by atoms with E-state index >= 15 is 0 Å². The van der Waals surface area contributed by atoms with Crippen LogP contribution in [-0.4, -0.2) is 43.8 Å². The van der Waals surface area contributed by atoms with Gasteiger partial charge in [-0.05, 0) is 54.8 Å². The van der Waals surface area contributed by atoms with Gasteiger partial charge in [0.2, 0.25) is 11.8 Å². The molecule has 0 aliphatic heterocycles. The summed E-state index contributed by atoms with van der Waals surface area (Å²) in [6.45, 7) is 3.46. The van der Waals surface area contributed by atoms with Crippen LogP contribution in [-0.2, 0) is 32.6 Å². The van der Waals surface area contributed by atoms with Gasteiger partial charge in [0.25, 0.3) is 10.0 Å². The average molecular weight is 618 g/mol. The number of nitrogens with zero attached hydrogens (tertiary/aromatic N) is 2. The van der Waals surface area contributed by atoms with Crippen LogP contribution >= 0.6 is 11.6 Å². The Morgan fingerprint density at radius 2 is 1.40 bits per heavy atom. The Hall–Kier alpha value is -4.14. The molecule has 4 aromatic rings. The molecule has 7 nitrogen and oxygen atoms in total. The minimum Gasteiger partial charge on any atom is -0.352 e. The molecular formula is C34H36ClN3O4S. The molecule has 4 rings (SSSR count). The minimum atomic E-state index is -4.17. The predicted molar refractivity (Wildman–Crippen MR) is 171 cm³/mol. The summed E-state index contributed by atoms with van der Waals surface area (Å²) in [7, 11) is -4.17. The summed E-state index contributed by atoms with van der Waals surface area (Å²) in [6.07, 6.45) is 0.971. The largest absolute Gasteiger partial charge is 0.352 e. The lowest BCUT2D eigenvalue weighted by Gasteiger charge is -2.34. The third kappa shape index (κ3) is 8.46. The van der Waals surface area contributed by atoms with E-state index in [-0.39, 0.29) is 35.5 Å². The molecule has 0 spiro atoms. The molecule has 0 radical (unpaired) electrons. The molecule has 0 fully saturated rings. The highest BCUT2D eigenvalue weighted by Crippen LogP contribution is 2.27. The molecule has 0 bridgehead atoms. The van der Waals surface area contributed by atoms with Crippen LogP contribution in [0.4, 0.5) is 5.69 Å². The number of carbonyl (C=O) groups is 2. The van der Waals surface area contributed by atoms with Crippen molar-refractivity contribution >= 4 is 39.1 Å². The molecule has 0 saturated heterocycles. The maximum atomic E-state index is 14.4. The van der Waals surface area contributed by atoms with Crippen molar-refractivity contribution in [3.63, 3.8) is 0 Å². The smallest absolute Gasteiger partial charge is 0.264 e. The van der Waals surface area contributed by atoms with Crippen molar-refractivity contribution in [1.29, 1.82) is 0 Å². The molecule has 4 aromatic carbocycles. The Kier molecular flexibility index (Phi) is 11.0. The summed E-state index contributed by atoms with van der Waals surface area (Å²) in [5, 5.41) is 3.37. The van der Waals surface area contributed by atoms with Crippen molar-refractivity contribution in [2.75, 3.05) is 10.8 Å². The van der Waals surface area contributed by atoms with Crippen LogP contribution in [0.2, 0.25) is 5.02 Å². The van der Waals surface area contributed by atoms with E-state index in [1.807, 2.05) is 74.5 Å². The molecular weight excluding hydrogens is 582 g/mol. The number of rotatable bonds is 13. The monoisotopic (exact) mass is 617 g/mol. The van der Waals surface area contributed by atoms with Gasteiger partial charge in [0, 0.05) is 24.0 Å². The Bertz CT molecular complexity index is 1600. The summed E-state index contributed by atoms with van der Waals surface area (Å²) >= 11 is 6.27. The highest BCUT2D eigenvalue weighted by Gasteiger charge is 2.35. The van der Waals surface area contributed by atoms with E-state index in [0.29, 0.717) is 11.4 Å². The normalized spacial score (nSPS) is 12.6. The molecule has 0 aliphatic carbocycles. The standard InChI is InChI=1S/C34H36ClN3O4S/c1-3-26(2)36-34(40)32(22-27-14-7-4-8-15-27)37(24-28-16-9-5-10-17-28)33(39)25-38(30-19-13-18-29(35)23-30)43(41,42)31-20-11-6-12-21-31/h4-21,23,26,32H,3,22,24-25H2,1-2H3,(H,36,40)/t26-,32+/m1/s1. The zero-order valence-corrected chi connectivity index (χ0v) is 25.8. The second kappa shape index (κ2) is 14.8. The van der Waals surface area contributed by atoms with Gasteiger partial charge < -0.3 is 10.2 Å². The van der Waals surface area contributed by atoms with Crippen molar-refractivity contribution in [3.05, 3.63) is 131 Å². The molecule has 9 heteroatoms. The second-order valence-electron chi connectivity index (χ2n) is 10.3. The van der Waals surface area contributed by atoms with Crippen LogP contribution in [0.25, 0.3) is 0 Å². The number of anilines is 1. The maximum Gasteiger partial charge on any atom is 0.264 e. The van der Waals surface area contributed by atoms with E-state index in [0.717, 1.165) is 15.4 Å². The van der Waals surface area contributed by atoms with Crippen LogP contribution in [0, 0.1) is 0 Å². The first-order chi connectivity index (χ1) is 20.7. The van der Waals surface area contributed by atoms with Gasteiger partial charge in [-0.15, -0.1) is 0 Å². The van der Waals surface area contributed by atoms with Crippen LogP contribution in [0.15, 0.2) is 120 Å². The molecule has 0 aromatic heterocycles. The molecule has 0 heterocycles. The zero-order chi connectivity index (χ0) is 30.8. The van der Waals surface area contributed by atoms with E-state index < -0.39 is 28.5 Å². The van der Waals surface area contributed by atoms with Crippen molar-refractivity contribution in [2.24, 2.45) is 0 Å². The molecule has 2 amide bonds. The van der Waals surface area contributed by atoms with E-state index in [2.05, 4.69) is 5.32 Å². The lowest BCUT2D eigenvalue weighted by atomic mass is 10.0. The van der Waals surface area contributed by atoms with Crippen molar-refractivity contribution < 1.29 is 18.0 Å². The van der Waals surface area contributed by atoms with Crippen LogP contribution in [0.1, 0.15) is 31.4 Å². The van der Waals surface area contributed by atoms with Crippen molar-refractivity contribution in [1.82, 2.24) is 10.2 Å². The molecule has 2 atom stereocenters. The molecule has 224 valence electrons. The third-order valence-corrected chi connectivity index (χ3v) is 9.20. The first kappa shape index (κ1) is 31.8. The highest BCUT2D eigenvalue weighted by atomic mass is 35.5. The maximum absolute atomic E-state index is 14.4. The molecule has 0 saturated carbocycles. The third-order valence-electron chi connectivity index (χ3n) is 7.17. The highest BCUT2D eigenvalue weighted by molar-refractivity contribution is 7.92. The Morgan fingerprint density at radius 1 is 0.814 bits per heavy atom. The number of carbonyl (C=O) groups excluding carboxylic acids is 2. The lowest BCUT2D eigenvalue weighted by Crippen LogP contribution is -2.54. The van der Waals surface area contributed by atoms with E-state index in [4.69, 9.17) is 11.6 Å². The van der Waals surface area contributed by atoms with Gasteiger partial charge in [-0.3, -0.25) is 13.9 Å². The van der Waals surface area contributed by atoms with Crippen molar-refractivity contribution in [2.45, 2.75) is 50.2 Å². The number of benzene rings is 4. The van der Waals surface area contributed by atoms with Crippen molar-refractivity contribution in [3.8, 4) is 0 Å². The van der Waals surface area contributed by atoms with Gasteiger partial charge in [-0.25, -0.2) is 8.42 Å². The summed E-state index contributed by atoms with van der Waals surface area (Å²) in [5.41, 5.74) is 1.93. The number of hydrogen-bond donors (Lipinski definition) is 1. The molecule has 1 N–H and O–H groups in total. The first-order valence-corrected chi connectivity index (χ1v) is 16.0.